The fourth-order valence-corrected chi connectivity index (χ4v) is 7.48. The number of carboxylic acids is 1. The van der Waals surface area contributed by atoms with Crippen molar-refractivity contribution in [3.05, 3.63) is 48.4 Å². The Hall–Kier alpha value is -4.72. The summed E-state index contributed by atoms with van der Waals surface area (Å²) in [7, 11) is 1.56. The maximum absolute atomic E-state index is 14.5. The second-order valence-corrected chi connectivity index (χ2v) is 15.2. The average molecular weight is 706 g/mol. The molecular formula is C36H43N5O8S. The van der Waals surface area contributed by atoms with Gasteiger partial charge in [-0.05, 0) is 61.1 Å². The fraction of sp³-hybridized carbons (Fsp3) is 0.500. The quantitative estimate of drug-likeness (QED) is 0.232. The van der Waals surface area contributed by atoms with Gasteiger partial charge in [0.1, 0.15) is 41.3 Å². The van der Waals surface area contributed by atoms with Crippen molar-refractivity contribution in [3.8, 4) is 22.2 Å². The molecular weight excluding hydrogens is 662 g/mol. The number of carbonyl (C=O) groups excluding carboxylic acids is 3. The van der Waals surface area contributed by atoms with Crippen LogP contribution in [0.25, 0.3) is 21.6 Å². The van der Waals surface area contributed by atoms with Crippen molar-refractivity contribution in [2.75, 3.05) is 13.7 Å². The van der Waals surface area contributed by atoms with Crippen molar-refractivity contribution in [1.82, 2.24) is 25.5 Å². The second kappa shape index (κ2) is 13.9. The van der Waals surface area contributed by atoms with E-state index >= 15 is 0 Å². The molecule has 6 rings (SSSR count). The van der Waals surface area contributed by atoms with E-state index in [9.17, 15) is 24.3 Å². The van der Waals surface area contributed by atoms with E-state index in [1.165, 1.54) is 22.3 Å². The van der Waals surface area contributed by atoms with Gasteiger partial charge in [0.05, 0.1) is 29.6 Å². The Labute approximate surface area is 294 Å². The normalized spacial score (nSPS) is 24.0. The van der Waals surface area contributed by atoms with Gasteiger partial charge in [-0.15, -0.1) is 17.9 Å². The topological polar surface area (TPSA) is 169 Å². The minimum atomic E-state index is -1.51. The highest BCUT2D eigenvalue weighted by molar-refractivity contribution is 7.13. The number of amides is 3. The standard InChI is InChI=1S/C36H43N5O8S/c1-6-20-18-36(20,33(44)45)40-30(42)26-17-23(19-41(26)32(43)29(35(2,3)4)39-34(46)49-21-10-7-8-11-21)48-31-28(27-12-9-15-50-27)37-24-14-13-22(47-5)16-25(24)38-31/h6,9,12-16,20-21,23,26,29H,1,7-8,10-11,17-19H2,2-5H3,(H,39,46)(H,40,42)(H,44,45)/t20-,23-,26+,29-,36?/m1/s1. The molecule has 14 heteroatoms. The summed E-state index contributed by atoms with van der Waals surface area (Å²) in [6.07, 6.45) is 3.58. The lowest BCUT2D eigenvalue weighted by atomic mass is 9.85. The summed E-state index contributed by atoms with van der Waals surface area (Å²) in [6, 6.07) is 6.98. The highest BCUT2D eigenvalue weighted by Crippen LogP contribution is 2.45. The summed E-state index contributed by atoms with van der Waals surface area (Å²) >= 11 is 1.47. The second-order valence-electron chi connectivity index (χ2n) is 14.3. The first-order valence-corrected chi connectivity index (χ1v) is 17.7. The number of hydrogen-bond acceptors (Lipinski definition) is 10. The summed E-state index contributed by atoms with van der Waals surface area (Å²) in [4.78, 5) is 65.6. The van der Waals surface area contributed by atoms with E-state index in [-0.39, 0.29) is 31.4 Å². The van der Waals surface area contributed by atoms with Gasteiger partial charge < -0.3 is 34.9 Å². The number of alkyl carbamates (subject to hydrolysis) is 1. The third-order valence-electron chi connectivity index (χ3n) is 9.70. The zero-order valence-corrected chi connectivity index (χ0v) is 29.5. The third-order valence-corrected chi connectivity index (χ3v) is 10.6. The molecule has 2 aliphatic carbocycles. The molecule has 3 N–H and O–H groups in total. The number of nitrogens with one attached hydrogen (secondary N) is 2. The van der Waals surface area contributed by atoms with Crippen LogP contribution in [0.15, 0.2) is 48.4 Å². The predicted molar refractivity (Wildman–Crippen MR) is 186 cm³/mol. The molecule has 13 nitrogen and oxygen atoms in total. The van der Waals surface area contributed by atoms with Gasteiger partial charge in [0.2, 0.25) is 17.7 Å². The van der Waals surface area contributed by atoms with Gasteiger partial charge in [0.25, 0.3) is 0 Å². The van der Waals surface area contributed by atoms with Gasteiger partial charge in [-0.2, -0.15) is 0 Å². The van der Waals surface area contributed by atoms with Crippen LogP contribution >= 0.6 is 11.3 Å². The largest absolute Gasteiger partial charge is 0.497 e. The Morgan fingerprint density at radius 2 is 1.88 bits per heavy atom. The van der Waals surface area contributed by atoms with E-state index in [4.69, 9.17) is 24.2 Å². The molecule has 50 heavy (non-hydrogen) atoms. The highest BCUT2D eigenvalue weighted by Gasteiger charge is 2.61. The summed E-state index contributed by atoms with van der Waals surface area (Å²) in [5, 5.41) is 17.4. The molecule has 0 spiro atoms. The van der Waals surface area contributed by atoms with Gasteiger partial charge in [0.15, 0.2) is 0 Å². The lowest BCUT2D eigenvalue weighted by molar-refractivity contribution is -0.146. The Kier molecular flexibility index (Phi) is 9.75. The summed E-state index contributed by atoms with van der Waals surface area (Å²) in [6.45, 7) is 9.12. The van der Waals surface area contributed by atoms with Crippen molar-refractivity contribution in [1.29, 1.82) is 0 Å². The predicted octanol–water partition coefficient (Wildman–Crippen LogP) is 4.94. The van der Waals surface area contributed by atoms with Crippen LogP contribution in [0.3, 0.4) is 0 Å². The van der Waals surface area contributed by atoms with Crippen LogP contribution < -0.4 is 20.1 Å². The number of carboxylic acid groups (broad SMARTS) is 1. The number of rotatable bonds is 11. The SMILES string of the molecule is C=C[C@@H]1CC1(NC(=O)[C@@H]1C[C@@H](Oc2nc3cc(OC)ccc3nc2-c2cccs2)CN1C(=O)[C@@H](NC(=O)OC1CCCC1)C(C)(C)C)C(=O)O. The van der Waals surface area contributed by atoms with E-state index in [0.717, 1.165) is 30.6 Å². The number of likely N-dealkylation sites (tertiary alicyclic amines) is 1. The van der Waals surface area contributed by atoms with Crippen LogP contribution in [0, 0.1) is 11.3 Å². The summed E-state index contributed by atoms with van der Waals surface area (Å²) < 4.78 is 17.5. The number of ether oxygens (including phenoxy) is 3. The Morgan fingerprint density at radius 3 is 2.50 bits per heavy atom. The van der Waals surface area contributed by atoms with E-state index in [0.29, 0.717) is 22.5 Å². The molecule has 3 heterocycles. The molecule has 3 aromatic rings. The van der Waals surface area contributed by atoms with E-state index < -0.39 is 58.9 Å². The van der Waals surface area contributed by atoms with Crippen molar-refractivity contribution in [2.24, 2.45) is 11.3 Å². The number of nitrogens with zero attached hydrogens (tertiary/aromatic N) is 3. The van der Waals surface area contributed by atoms with E-state index in [1.54, 1.807) is 19.2 Å². The van der Waals surface area contributed by atoms with Crippen molar-refractivity contribution in [2.45, 2.75) is 89.1 Å². The molecule has 1 aliphatic heterocycles. The zero-order chi connectivity index (χ0) is 35.8. The average Bonchev–Trinajstić information content (AvgIpc) is 3.56. The van der Waals surface area contributed by atoms with Crippen LogP contribution in [0.5, 0.6) is 11.6 Å². The van der Waals surface area contributed by atoms with E-state index in [2.05, 4.69) is 17.2 Å². The number of carbonyl (C=O) groups is 4. The first-order valence-electron chi connectivity index (χ1n) is 16.8. The first-order chi connectivity index (χ1) is 23.8. The third kappa shape index (κ3) is 7.11. The first kappa shape index (κ1) is 35.1. The number of benzene rings is 1. The summed E-state index contributed by atoms with van der Waals surface area (Å²) in [5.74, 6) is -1.97. The molecule has 0 radical (unpaired) electrons. The number of fused-ring (bicyclic) bond motifs is 1. The number of aromatic nitrogens is 2. The minimum absolute atomic E-state index is 0.0322. The van der Waals surface area contributed by atoms with E-state index in [1.807, 2.05) is 44.4 Å². The molecule has 1 aromatic carbocycles. The minimum Gasteiger partial charge on any atom is -0.497 e. The maximum Gasteiger partial charge on any atom is 0.408 e. The van der Waals surface area contributed by atoms with Gasteiger partial charge >= 0.3 is 12.1 Å². The molecule has 5 atom stereocenters. The molecule has 3 aliphatic rings. The lowest BCUT2D eigenvalue weighted by Gasteiger charge is -2.35. The zero-order valence-electron chi connectivity index (χ0n) is 28.6. The molecule has 0 bridgehead atoms. The van der Waals surface area contributed by atoms with Gasteiger partial charge in [-0.1, -0.05) is 32.9 Å². The molecule has 2 aromatic heterocycles. The molecule has 3 fully saturated rings. The van der Waals surface area contributed by atoms with Crippen molar-refractivity contribution >= 4 is 46.2 Å². The fourth-order valence-electron chi connectivity index (χ4n) is 6.78. The molecule has 3 amide bonds. The molecule has 2 saturated carbocycles. The molecule has 266 valence electrons. The number of hydrogen-bond donors (Lipinski definition) is 3. The molecule has 1 unspecified atom stereocenters. The monoisotopic (exact) mass is 705 g/mol. The lowest BCUT2D eigenvalue weighted by Crippen LogP contribution is -2.59. The Morgan fingerprint density at radius 1 is 1.12 bits per heavy atom. The number of methoxy groups -OCH3 is 1. The van der Waals surface area contributed by atoms with Gasteiger partial charge in [0, 0.05) is 18.4 Å². The van der Waals surface area contributed by atoms with Crippen LogP contribution in [0.1, 0.15) is 59.3 Å². The Balaban J connectivity index is 1.32. The highest BCUT2D eigenvalue weighted by atomic mass is 32.1. The Bertz CT molecular complexity index is 1790. The van der Waals surface area contributed by atoms with Crippen molar-refractivity contribution < 1.29 is 38.5 Å². The molecule has 1 saturated heterocycles. The van der Waals surface area contributed by atoms with Crippen molar-refractivity contribution in [3.63, 3.8) is 0 Å². The van der Waals surface area contributed by atoms with Crippen LogP contribution in [0.4, 0.5) is 4.79 Å². The van der Waals surface area contributed by atoms with Crippen LogP contribution in [0.2, 0.25) is 0 Å². The van der Waals surface area contributed by atoms with Gasteiger partial charge in [-0.3, -0.25) is 9.59 Å². The maximum atomic E-state index is 14.5. The number of aliphatic carboxylic acids is 1. The smallest absolute Gasteiger partial charge is 0.408 e. The van der Waals surface area contributed by atoms with Gasteiger partial charge in [-0.25, -0.2) is 19.6 Å². The van der Waals surface area contributed by atoms with Crippen LogP contribution in [-0.4, -0.2) is 87.3 Å². The summed E-state index contributed by atoms with van der Waals surface area (Å²) in [5.41, 5.74) is -0.609. The number of thiophene rings is 1. The van der Waals surface area contributed by atoms with Crippen LogP contribution in [-0.2, 0) is 19.1 Å².